The molecular formula is C13H24N2O. The number of nitrogens with zero attached hydrogens (tertiary/aromatic N) is 1. The standard InChI is InChI=1S/C13H24N2O/c1-11-6-2-3-7-12(11)14-13(16)10-15-8-4-5-9-15/h11-12H,2-10H2,1H3,(H,14,16)/t11-,12+/m0/s1. The van der Waals surface area contributed by atoms with E-state index in [-0.39, 0.29) is 5.91 Å². The molecule has 1 aliphatic carbocycles. The van der Waals surface area contributed by atoms with E-state index in [1.807, 2.05) is 0 Å². The van der Waals surface area contributed by atoms with Gasteiger partial charge in [-0.05, 0) is 44.7 Å². The summed E-state index contributed by atoms with van der Waals surface area (Å²) in [4.78, 5) is 14.1. The minimum Gasteiger partial charge on any atom is -0.352 e. The van der Waals surface area contributed by atoms with Crippen LogP contribution < -0.4 is 5.32 Å². The number of rotatable bonds is 3. The van der Waals surface area contributed by atoms with Gasteiger partial charge in [-0.1, -0.05) is 19.8 Å². The van der Waals surface area contributed by atoms with E-state index >= 15 is 0 Å². The van der Waals surface area contributed by atoms with Crippen LogP contribution in [0.2, 0.25) is 0 Å². The zero-order valence-corrected chi connectivity index (χ0v) is 10.4. The molecule has 1 saturated carbocycles. The highest BCUT2D eigenvalue weighted by molar-refractivity contribution is 5.78. The second-order valence-corrected chi connectivity index (χ2v) is 5.42. The van der Waals surface area contributed by atoms with E-state index in [0.717, 1.165) is 13.1 Å². The molecule has 1 N–H and O–H groups in total. The van der Waals surface area contributed by atoms with E-state index in [0.29, 0.717) is 18.5 Å². The molecule has 3 nitrogen and oxygen atoms in total. The number of carbonyl (C=O) groups excluding carboxylic acids is 1. The average Bonchev–Trinajstić information content (AvgIpc) is 2.74. The van der Waals surface area contributed by atoms with E-state index in [1.54, 1.807) is 0 Å². The summed E-state index contributed by atoms with van der Waals surface area (Å²) in [7, 11) is 0. The summed E-state index contributed by atoms with van der Waals surface area (Å²) in [5.41, 5.74) is 0. The summed E-state index contributed by atoms with van der Waals surface area (Å²) in [5.74, 6) is 0.900. The summed E-state index contributed by atoms with van der Waals surface area (Å²) in [5, 5.41) is 3.21. The molecule has 1 amide bonds. The molecule has 2 fully saturated rings. The molecule has 1 saturated heterocycles. The van der Waals surface area contributed by atoms with Crippen molar-refractivity contribution in [1.29, 1.82) is 0 Å². The van der Waals surface area contributed by atoms with Gasteiger partial charge in [0.15, 0.2) is 0 Å². The summed E-state index contributed by atoms with van der Waals surface area (Å²) >= 11 is 0. The fourth-order valence-electron chi connectivity index (χ4n) is 2.93. The van der Waals surface area contributed by atoms with Gasteiger partial charge in [0, 0.05) is 6.04 Å². The van der Waals surface area contributed by atoms with Crippen molar-refractivity contribution >= 4 is 5.91 Å². The molecule has 2 atom stereocenters. The molecule has 2 aliphatic rings. The molecule has 92 valence electrons. The van der Waals surface area contributed by atoms with E-state index in [1.165, 1.54) is 38.5 Å². The molecule has 1 heterocycles. The van der Waals surface area contributed by atoms with Crippen molar-refractivity contribution < 1.29 is 4.79 Å². The number of likely N-dealkylation sites (tertiary alicyclic amines) is 1. The fourth-order valence-corrected chi connectivity index (χ4v) is 2.93. The molecule has 2 rings (SSSR count). The van der Waals surface area contributed by atoms with E-state index in [2.05, 4.69) is 17.1 Å². The molecule has 0 aromatic carbocycles. The maximum absolute atomic E-state index is 11.9. The zero-order chi connectivity index (χ0) is 11.4. The van der Waals surface area contributed by atoms with Crippen LogP contribution in [0.5, 0.6) is 0 Å². The highest BCUT2D eigenvalue weighted by Gasteiger charge is 2.23. The highest BCUT2D eigenvalue weighted by atomic mass is 16.2. The van der Waals surface area contributed by atoms with E-state index < -0.39 is 0 Å². The van der Waals surface area contributed by atoms with Crippen LogP contribution in [0, 0.1) is 5.92 Å². The molecule has 0 spiro atoms. The van der Waals surface area contributed by atoms with Crippen LogP contribution >= 0.6 is 0 Å². The first-order valence-corrected chi connectivity index (χ1v) is 6.77. The van der Waals surface area contributed by atoms with Crippen LogP contribution in [0.1, 0.15) is 45.4 Å². The quantitative estimate of drug-likeness (QED) is 0.792. The Hall–Kier alpha value is -0.570. The largest absolute Gasteiger partial charge is 0.352 e. The smallest absolute Gasteiger partial charge is 0.234 e. The van der Waals surface area contributed by atoms with Crippen molar-refractivity contribution in [2.45, 2.75) is 51.5 Å². The normalized spacial score (nSPS) is 31.6. The number of nitrogens with one attached hydrogen (secondary N) is 1. The lowest BCUT2D eigenvalue weighted by molar-refractivity contribution is -0.123. The third kappa shape index (κ3) is 3.21. The minimum atomic E-state index is 0.237. The lowest BCUT2D eigenvalue weighted by atomic mass is 9.86. The molecule has 0 aromatic heterocycles. The lowest BCUT2D eigenvalue weighted by Crippen LogP contribution is -2.45. The Labute approximate surface area is 98.6 Å². The number of carbonyl (C=O) groups is 1. The first-order valence-electron chi connectivity index (χ1n) is 6.77. The van der Waals surface area contributed by atoms with Crippen molar-refractivity contribution in [3.05, 3.63) is 0 Å². The molecular weight excluding hydrogens is 200 g/mol. The summed E-state index contributed by atoms with van der Waals surface area (Å²) in [6, 6.07) is 0.434. The number of hydrogen-bond donors (Lipinski definition) is 1. The summed E-state index contributed by atoms with van der Waals surface area (Å²) < 4.78 is 0. The Balaban J connectivity index is 1.72. The SMILES string of the molecule is C[C@H]1CCCC[C@H]1NC(=O)CN1CCCC1. The van der Waals surface area contributed by atoms with Gasteiger partial charge in [0.1, 0.15) is 0 Å². The van der Waals surface area contributed by atoms with Gasteiger partial charge in [-0.3, -0.25) is 9.69 Å². The van der Waals surface area contributed by atoms with Crippen LogP contribution in [0.25, 0.3) is 0 Å². The van der Waals surface area contributed by atoms with E-state index in [9.17, 15) is 4.79 Å². The number of amides is 1. The Kier molecular flexibility index (Phi) is 4.22. The van der Waals surface area contributed by atoms with Crippen molar-refractivity contribution in [3.63, 3.8) is 0 Å². The molecule has 1 aliphatic heterocycles. The predicted octanol–water partition coefficient (Wildman–Crippen LogP) is 1.78. The second kappa shape index (κ2) is 5.67. The Morgan fingerprint density at radius 3 is 2.56 bits per heavy atom. The van der Waals surface area contributed by atoms with Crippen LogP contribution in [0.3, 0.4) is 0 Å². The van der Waals surface area contributed by atoms with Crippen LogP contribution in [-0.4, -0.2) is 36.5 Å². The van der Waals surface area contributed by atoms with Crippen LogP contribution in [-0.2, 0) is 4.79 Å². The zero-order valence-electron chi connectivity index (χ0n) is 10.4. The first kappa shape index (κ1) is 11.9. The lowest BCUT2D eigenvalue weighted by Gasteiger charge is -2.30. The van der Waals surface area contributed by atoms with Crippen molar-refractivity contribution in [2.24, 2.45) is 5.92 Å². The van der Waals surface area contributed by atoms with Gasteiger partial charge in [-0.2, -0.15) is 0 Å². The molecule has 0 bridgehead atoms. The topological polar surface area (TPSA) is 32.3 Å². The summed E-state index contributed by atoms with van der Waals surface area (Å²) in [6.07, 6.45) is 7.57. The van der Waals surface area contributed by atoms with Crippen molar-refractivity contribution in [3.8, 4) is 0 Å². The summed E-state index contributed by atoms with van der Waals surface area (Å²) in [6.45, 7) is 5.09. The first-order chi connectivity index (χ1) is 7.75. The Bertz CT molecular complexity index is 236. The van der Waals surface area contributed by atoms with Gasteiger partial charge in [0.25, 0.3) is 0 Å². The molecule has 0 aromatic rings. The van der Waals surface area contributed by atoms with Gasteiger partial charge >= 0.3 is 0 Å². The third-order valence-corrected chi connectivity index (χ3v) is 4.02. The third-order valence-electron chi connectivity index (χ3n) is 4.02. The minimum absolute atomic E-state index is 0.237. The van der Waals surface area contributed by atoms with Crippen molar-refractivity contribution in [1.82, 2.24) is 10.2 Å². The second-order valence-electron chi connectivity index (χ2n) is 5.42. The molecule has 0 unspecified atom stereocenters. The molecule has 3 heteroatoms. The monoisotopic (exact) mass is 224 g/mol. The Morgan fingerprint density at radius 2 is 1.88 bits per heavy atom. The van der Waals surface area contributed by atoms with Gasteiger partial charge in [0.2, 0.25) is 5.91 Å². The number of hydrogen-bond acceptors (Lipinski definition) is 2. The van der Waals surface area contributed by atoms with Gasteiger partial charge in [0.05, 0.1) is 6.54 Å². The Morgan fingerprint density at radius 1 is 1.19 bits per heavy atom. The fraction of sp³-hybridized carbons (Fsp3) is 0.923. The maximum atomic E-state index is 11.9. The highest BCUT2D eigenvalue weighted by Crippen LogP contribution is 2.23. The van der Waals surface area contributed by atoms with Gasteiger partial charge < -0.3 is 5.32 Å². The molecule has 0 radical (unpaired) electrons. The van der Waals surface area contributed by atoms with E-state index in [4.69, 9.17) is 0 Å². The average molecular weight is 224 g/mol. The molecule has 16 heavy (non-hydrogen) atoms. The predicted molar refractivity (Wildman–Crippen MR) is 65.2 cm³/mol. The van der Waals surface area contributed by atoms with Gasteiger partial charge in [-0.25, -0.2) is 0 Å². The maximum Gasteiger partial charge on any atom is 0.234 e. The van der Waals surface area contributed by atoms with Crippen molar-refractivity contribution in [2.75, 3.05) is 19.6 Å². The van der Waals surface area contributed by atoms with Crippen LogP contribution in [0.4, 0.5) is 0 Å². The van der Waals surface area contributed by atoms with Gasteiger partial charge in [-0.15, -0.1) is 0 Å². The van der Waals surface area contributed by atoms with Crippen LogP contribution in [0.15, 0.2) is 0 Å².